The van der Waals surface area contributed by atoms with E-state index in [1.165, 1.54) is 39.2 Å². The van der Waals surface area contributed by atoms with Gasteiger partial charge in [0.15, 0.2) is 5.78 Å². The highest BCUT2D eigenvalue weighted by molar-refractivity contribution is 6.09. The van der Waals surface area contributed by atoms with E-state index in [9.17, 15) is 19.5 Å². The number of aliphatic hydroxyl groups is 1. The van der Waals surface area contributed by atoms with Crippen molar-refractivity contribution in [3.05, 3.63) is 36.0 Å². The van der Waals surface area contributed by atoms with Crippen LogP contribution in [0.5, 0.6) is 0 Å². The molecule has 0 aromatic carbocycles. The number of ether oxygens (including phenoxy) is 1. The fourth-order valence-corrected chi connectivity index (χ4v) is 2.12. The number of methoxy groups -OCH3 is 1. The molecule has 0 amide bonds. The molecule has 2 atom stereocenters. The van der Waals surface area contributed by atoms with Gasteiger partial charge in [-0.1, -0.05) is 12.7 Å². The van der Waals surface area contributed by atoms with Gasteiger partial charge in [-0.2, -0.15) is 0 Å². The molecule has 0 spiro atoms. The highest BCUT2D eigenvalue weighted by atomic mass is 16.5. The third-order valence-corrected chi connectivity index (χ3v) is 3.44. The Bertz CT molecular complexity index is 537. The molecule has 0 fully saturated rings. The molecule has 0 bridgehead atoms. The predicted molar refractivity (Wildman–Crippen MR) is 77.4 cm³/mol. The standard InChI is InChI=1S/C16H20O5/c1-10(17)5-6-12(11(2)15(19)21-4)9-13-14(18)7-8-16(13,3)20/h7-9,12,20H,2,5-6H2,1,3-4H3/b13-9+/t12-,16-/m1/s1. The molecule has 114 valence electrons. The molecule has 1 rings (SSSR count). The van der Waals surface area contributed by atoms with E-state index in [4.69, 9.17) is 0 Å². The number of allylic oxidation sites excluding steroid dienone is 2. The van der Waals surface area contributed by atoms with Crippen LogP contribution in [0.2, 0.25) is 0 Å². The summed E-state index contributed by atoms with van der Waals surface area (Å²) in [4.78, 5) is 34.6. The van der Waals surface area contributed by atoms with Crippen molar-refractivity contribution < 1.29 is 24.2 Å². The molecule has 1 N–H and O–H groups in total. The Hall–Kier alpha value is -2.01. The molecule has 0 saturated carbocycles. The zero-order valence-electron chi connectivity index (χ0n) is 12.5. The lowest BCUT2D eigenvalue weighted by molar-refractivity contribution is -0.136. The molecule has 5 heteroatoms. The van der Waals surface area contributed by atoms with Crippen molar-refractivity contribution in [3.8, 4) is 0 Å². The quantitative estimate of drug-likeness (QED) is 0.593. The number of ketones is 2. The minimum absolute atomic E-state index is 0.0290. The second-order valence-electron chi connectivity index (χ2n) is 5.29. The largest absolute Gasteiger partial charge is 0.466 e. The first-order valence-electron chi connectivity index (χ1n) is 6.64. The second-order valence-corrected chi connectivity index (χ2v) is 5.29. The van der Waals surface area contributed by atoms with Gasteiger partial charge in [-0.05, 0) is 32.4 Å². The van der Waals surface area contributed by atoms with Gasteiger partial charge in [-0.15, -0.1) is 0 Å². The van der Waals surface area contributed by atoms with E-state index < -0.39 is 17.5 Å². The molecule has 0 saturated heterocycles. The molecule has 0 heterocycles. The van der Waals surface area contributed by atoms with Crippen LogP contribution in [0.15, 0.2) is 36.0 Å². The Morgan fingerprint density at radius 3 is 2.57 bits per heavy atom. The van der Waals surface area contributed by atoms with Crippen LogP contribution < -0.4 is 0 Å². The molecule has 0 aliphatic heterocycles. The Morgan fingerprint density at radius 2 is 2.14 bits per heavy atom. The molecule has 5 nitrogen and oxygen atoms in total. The summed E-state index contributed by atoms with van der Waals surface area (Å²) in [6.07, 6.45) is 4.76. The van der Waals surface area contributed by atoms with E-state index in [-0.39, 0.29) is 29.1 Å². The van der Waals surface area contributed by atoms with Crippen LogP contribution >= 0.6 is 0 Å². The Morgan fingerprint density at radius 1 is 1.52 bits per heavy atom. The van der Waals surface area contributed by atoms with Crippen molar-refractivity contribution in [2.75, 3.05) is 7.11 Å². The summed E-state index contributed by atoms with van der Waals surface area (Å²) in [7, 11) is 1.24. The van der Waals surface area contributed by atoms with Gasteiger partial charge in [0.1, 0.15) is 11.4 Å². The van der Waals surface area contributed by atoms with Crippen molar-refractivity contribution in [2.45, 2.75) is 32.3 Å². The van der Waals surface area contributed by atoms with E-state index in [1.54, 1.807) is 0 Å². The lowest BCUT2D eigenvalue weighted by atomic mass is 9.88. The number of rotatable bonds is 6. The smallest absolute Gasteiger partial charge is 0.333 e. The van der Waals surface area contributed by atoms with Crippen molar-refractivity contribution in [1.82, 2.24) is 0 Å². The summed E-state index contributed by atoms with van der Waals surface area (Å²) in [6, 6.07) is 0. The first-order valence-corrected chi connectivity index (χ1v) is 6.64. The van der Waals surface area contributed by atoms with E-state index in [0.29, 0.717) is 6.42 Å². The van der Waals surface area contributed by atoms with Gasteiger partial charge in [0.25, 0.3) is 0 Å². The average molecular weight is 292 g/mol. The van der Waals surface area contributed by atoms with Crippen LogP contribution in [0.4, 0.5) is 0 Å². The number of esters is 1. The number of hydrogen-bond donors (Lipinski definition) is 1. The normalized spacial score (nSPS) is 24.2. The Labute approximate surface area is 124 Å². The Kier molecular flexibility index (Phi) is 5.38. The maximum absolute atomic E-state index is 11.8. The van der Waals surface area contributed by atoms with E-state index in [0.717, 1.165) is 0 Å². The zero-order valence-corrected chi connectivity index (χ0v) is 12.5. The zero-order chi connectivity index (χ0) is 16.2. The van der Waals surface area contributed by atoms with E-state index >= 15 is 0 Å². The Balaban J connectivity index is 3.07. The molecule has 1 aliphatic rings. The lowest BCUT2D eigenvalue weighted by Gasteiger charge is -2.20. The van der Waals surface area contributed by atoms with Crippen molar-refractivity contribution >= 4 is 17.5 Å². The van der Waals surface area contributed by atoms with Gasteiger partial charge in [0.05, 0.1) is 7.11 Å². The van der Waals surface area contributed by atoms with Crippen LogP contribution in [0.1, 0.15) is 26.7 Å². The third-order valence-electron chi connectivity index (χ3n) is 3.44. The summed E-state index contributed by atoms with van der Waals surface area (Å²) < 4.78 is 4.63. The molecular weight excluding hydrogens is 272 g/mol. The van der Waals surface area contributed by atoms with Crippen LogP contribution in [0.25, 0.3) is 0 Å². The van der Waals surface area contributed by atoms with Gasteiger partial charge in [-0.3, -0.25) is 4.79 Å². The van der Waals surface area contributed by atoms with Crippen LogP contribution in [-0.4, -0.2) is 35.4 Å². The number of carbonyl (C=O) groups excluding carboxylic acids is 3. The summed E-state index contributed by atoms with van der Waals surface area (Å²) in [5.41, 5.74) is -1.04. The predicted octanol–water partition coefficient (Wildman–Crippen LogP) is 1.52. The third kappa shape index (κ3) is 4.23. The number of hydrogen-bond acceptors (Lipinski definition) is 5. The SMILES string of the molecule is C=C(C(=O)OC)[C@@H](/C=C1\C(=O)C=C[C@@]1(C)O)CCC(C)=O. The summed E-state index contributed by atoms with van der Waals surface area (Å²) >= 11 is 0. The topological polar surface area (TPSA) is 80.7 Å². The first-order chi connectivity index (χ1) is 9.69. The van der Waals surface area contributed by atoms with Crippen LogP contribution in [0, 0.1) is 5.92 Å². The van der Waals surface area contributed by atoms with Gasteiger partial charge in [-0.25, -0.2) is 4.79 Å². The molecule has 0 aromatic heterocycles. The summed E-state index contributed by atoms with van der Waals surface area (Å²) in [5.74, 6) is -1.48. The van der Waals surface area contributed by atoms with E-state index in [1.807, 2.05) is 0 Å². The first kappa shape index (κ1) is 17.0. The summed E-state index contributed by atoms with van der Waals surface area (Å²) in [5, 5.41) is 10.1. The molecular formula is C16H20O5. The molecule has 0 radical (unpaired) electrons. The van der Waals surface area contributed by atoms with Gasteiger partial charge >= 0.3 is 5.97 Å². The number of carbonyl (C=O) groups is 3. The maximum Gasteiger partial charge on any atom is 0.333 e. The highest BCUT2D eigenvalue weighted by Gasteiger charge is 2.34. The van der Waals surface area contributed by atoms with E-state index in [2.05, 4.69) is 11.3 Å². The van der Waals surface area contributed by atoms with Crippen molar-refractivity contribution in [3.63, 3.8) is 0 Å². The summed E-state index contributed by atoms with van der Waals surface area (Å²) in [6.45, 7) is 6.61. The average Bonchev–Trinajstić information content (AvgIpc) is 2.67. The lowest BCUT2D eigenvalue weighted by Crippen LogP contribution is -2.25. The fourth-order valence-electron chi connectivity index (χ4n) is 2.12. The maximum atomic E-state index is 11.8. The monoisotopic (exact) mass is 292 g/mol. The van der Waals surface area contributed by atoms with Gasteiger partial charge in [0, 0.05) is 23.5 Å². The second kappa shape index (κ2) is 6.63. The molecule has 21 heavy (non-hydrogen) atoms. The van der Waals surface area contributed by atoms with Crippen LogP contribution in [0.3, 0.4) is 0 Å². The van der Waals surface area contributed by atoms with Crippen molar-refractivity contribution in [2.24, 2.45) is 5.92 Å². The number of Topliss-reactive ketones (excluding diaryl/α,β-unsaturated/α-hetero) is 1. The minimum atomic E-state index is -1.37. The van der Waals surface area contributed by atoms with Crippen molar-refractivity contribution in [1.29, 1.82) is 0 Å². The minimum Gasteiger partial charge on any atom is -0.466 e. The van der Waals surface area contributed by atoms with Gasteiger partial charge in [0.2, 0.25) is 0 Å². The van der Waals surface area contributed by atoms with Gasteiger partial charge < -0.3 is 14.6 Å². The fraction of sp³-hybridized carbons (Fsp3) is 0.438. The molecule has 0 unspecified atom stereocenters. The molecule has 1 aliphatic carbocycles. The van der Waals surface area contributed by atoms with Crippen LogP contribution in [-0.2, 0) is 19.1 Å². The highest BCUT2D eigenvalue weighted by Crippen LogP contribution is 2.30. The molecule has 0 aromatic rings.